The van der Waals surface area contributed by atoms with E-state index in [1.165, 1.54) is 10.4 Å². The third kappa shape index (κ3) is 4.62. The summed E-state index contributed by atoms with van der Waals surface area (Å²) in [5.74, 6) is 0.0337. The Morgan fingerprint density at radius 2 is 1.89 bits per heavy atom. The number of Topliss-reactive ketones (excluding diaryl/α,β-unsaturated/α-hetero) is 1. The monoisotopic (exact) mass is 527 g/mol. The highest BCUT2D eigenvalue weighted by Crippen LogP contribution is 2.47. The van der Waals surface area contributed by atoms with Crippen LogP contribution in [0.5, 0.6) is 5.75 Å². The van der Waals surface area contributed by atoms with Crippen LogP contribution in [0.15, 0.2) is 65.6 Å². The molecule has 3 aromatic rings. The standard InChI is InChI=1S/C28H27ClFNO4S/c1-18-5-3-6-21(15-18)36(33,34)31-17-20(10-12-26(32)28(2)13-14-28)35-25-11-9-19(16-24(25)31)22-7-4-8-23(30)27(22)29/h3-9,11,15-16,20H,10,12-14,17H2,1-2H3/t20-/m0/s1. The first-order chi connectivity index (χ1) is 17.1. The summed E-state index contributed by atoms with van der Waals surface area (Å²) in [5.41, 5.74) is 1.97. The first kappa shape index (κ1) is 24.8. The van der Waals surface area contributed by atoms with E-state index in [-0.39, 0.29) is 27.7 Å². The van der Waals surface area contributed by atoms with E-state index < -0.39 is 21.9 Å². The van der Waals surface area contributed by atoms with Gasteiger partial charge in [-0.2, -0.15) is 0 Å². The fourth-order valence-corrected chi connectivity index (χ4v) is 6.39. The topological polar surface area (TPSA) is 63.7 Å². The summed E-state index contributed by atoms with van der Waals surface area (Å²) in [6, 6.07) is 16.3. The van der Waals surface area contributed by atoms with Crippen molar-refractivity contribution in [3.05, 3.63) is 77.1 Å². The number of nitrogens with zero attached hydrogens (tertiary/aromatic N) is 1. The van der Waals surface area contributed by atoms with Crippen molar-refractivity contribution in [2.75, 3.05) is 10.8 Å². The molecule has 1 atom stereocenters. The number of benzene rings is 3. The van der Waals surface area contributed by atoms with Gasteiger partial charge in [0.2, 0.25) is 0 Å². The van der Waals surface area contributed by atoms with Crippen LogP contribution in [0.3, 0.4) is 0 Å². The van der Waals surface area contributed by atoms with Crippen molar-refractivity contribution >= 4 is 33.1 Å². The van der Waals surface area contributed by atoms with E-state index in [1.54, 1.807) is 48.5 Å². The molecule has 1 fully saturated rings. The molecule has 0 amide bonds. The zero-order chi connectivity index (χ0) is 25.7. The molecule has 0 aromatic heterocycles. The van der Waals surface area contributed by atoms with Crippen LogP contribution < -0.4 is 9.04 Å². The second-order valence-electron chi connectivity index (χ2n) is 9.90. The van der Waals surface area contributed by atoms with Gasteiger partial charge in [0.05, 0.1) is 22.2 Å². The van der Waals surface area contributed by atoms with Gasteiger partial charge in [0, 0.05) is 17.4 Å². The normalized spacial score (nSPS) is 18.3. The zero-order valence-electron chi connectivity index (χ0n) is 20.1. The minimum Gasteiger partial charge on any atom is -0.486 e. The van der Waals surface area contributed by atoms with Gasteiger partial charge in [-0.25, -0.2) is 12.8 Å². The lowest BCUT2D eigenvalue weighted by Gasteiger charge is -2.36. The second kappa shape index (κ2) is 9.20. The Balaban J connectivity index is 1.54. The minimum absolute atomic E-state index is 0.0350. The number of hydrogen-bond donors (Lipinski definition) is 0. The van der Waals surface area contributed by atoms with E-state index in [0.717, 1.165) is 18.4 Å². The number of sulfonamides is 1. The predicted molar refractivity (Wildman–Crippen MR) is 139 cm³/mol. The lowest BCUT2D eigenvalue weighted by Crippen LogP contribution is -2.43. The Hall–Kier alpha value is -2.90. The first-order valence-electron chi connectivity index (χ1n) is 12.0. The van der Waals surface area contributed by atoms with E-state index in [0.29, 0.717) is 35.4 Å². The van der Waals surface area contributed by atoms with Crippen LogP contribution in [0.25, 0.3) is 11.1 Å². The summed E-state index contributed by atoms with van der Waals surface area (Å²) in [7, 11) is -3.94. The van der Waals surface area contributed by atoms with Crippen molar-refractivity contribution in [2.45, 2.75) is 50.5 Å². The van der Waals surface area contributed by atoms with Crippen molar-refractivity contribution in [3.8, 4) is 16.9 Å². The fraction of sp³-hybridized carbons (Fsp3) is 0.321. The van der Waals surface area contributed by atoms with Gasteiger partial charge < -0.3 is 4.74 Å². The number of carbonyl (C=O) groups excluding carboxylic acids is 1. The van der Waals surface area contributed by atoms with E-state index in [2.05, 4.69) is 0 Å². The summed E-state index contributed by atoms with van der Waals surface area (Å²) < 4.78 is 49.3. The number of ether oxygens (including phenoxy) is 1. The van der Waals surface area contributed by atoms with Gasteiger partial charge in [-0.3, -0.25) is 9.10 Å². The molecule has 2 aliphatic rings. The number of rotatable bonds is 7. The van der Waals surface area contributed by atoms with Crippen molar-refractivity contribution in [3.63, 3.8) is 0 Å². The van der Waals surface area contributed by atoms with Gasteiger partial charge in [0.1, 0.15) is 23.5 Å². The lowest BCUT2D eigenvalue weighted by molar-refractivity contribution is -0.124. The molecule has 1 saturated carbocycles. The first-order valence-corrected chi connectivity index (χ1v) is 13.8. The summed E-state index contributed by atoms with van der Waals surface area (Å²) >= 11 is 6.22. The van der Waals surface area contributed by atoms with Gasteiger partial charge in [0.15, 0.2) is 0 Å². The molecule has 3 aromatic carbocycles. The number of ketones is 1. The number of hydrogen-bond acceptors (Lipinski definition) is 4. The van der Waals surface area contributed by atoms with Gasteiger partial charge in [-0.05, 0) is 67.6 Å². The molecule has 0 bridgehead atoms. The fourth-order valence-electron chi connectivity index (χ4n) is 4.55. The number of anilines is 1. The molecule has 0 spiro atoms. The molecule has 0 radical (unpaired) electrons. The Morgan fingerprint density at radius 3 is 2.61 bits per heavy atom. The Labute approximate surface area is 215 Å². The largest absolute Gasteiger partial charge is 0.486 e. The van der Waals surface area contributed by atoms with Gasteiger partial charge >= 0.3 is 0 Å². The molecular formula is C28H27ClFNO4S. The van der Waals surface area contributed by atoms with Gasteiger partial charge in [-0.1, -0.05) is 48.9 Å². The highest BCUT2D eigenvalue weighted by Gasteiger charge is 2.44. The average molecular weight is 528 g/mol. The number of aryl methyl sites for hydroxylation is 1. The van der Waals surface area contributed by atoms with Gasteiger partial charge in [0.25, 0.3) is 10.0 Å². The third-order valence-electron chi connectivity index (χ3n) is 7.10. The maximum atomic E-state index is 14.1. The van der Waals surface area contributed by atoms with Crippen molar-refractivity contribution in [1.29, 1.82) is 0 Å². The van der Waals surface area contributed by atoms with Crippen LogP contribution in [0.4, 0.5) is 10.1 Å². The van der Waals surface area contributed by atoms with Gasteiger partial charge in [-0.15, -0.1) is 0 Å². The third-order valence-corrected chi connectivity index (χ3v) is 9.26. The van der Waals surface area contributed by atoms with E-state index in [1.807, 2.05) is 19.9 Å². The molecule has 8 heteroatoms. The van der Waals surface area contributed by atoms with Crippen LogP contribution in [0.1, 0.15) is 38.2 Å². The maximum Gasteiger partial charge on any atom is 0.264 e. The molecule has 5 rings (SSSR count). The number of fused-ring (bicyclic) bond motifs is 1. The van der Waals surface area contributed by atoms with Crippen LogP contribution in [0, 0.1) is 18.2 Å². The molecule has 1 aliphatic heterocycles. The quantitative estimate of drug-likeness (QED) is 0.349. The second-order valence-corrected chi connectivity index (χ2v) is 12.1. The Kier molecular flexibility index (Phi) is 6.33. The molecule has 0 unspecified atom stereocenters. The van der Waals surface area contributed by atoms with Crippen molar-refractivity contribution in [2.24, 2.45) is 5.41 Å². The minimum atomic E-state index is -3.94. The number of carbonyl (C=O) groups is 1. The van der Waals surface area contributed by atoms with E-state index in [4.69, 9.17) is 16.3 Å². The Bertz CT molecular complexity index is 1450. The molecule has 1 aliphatic carbocycles. The summed E-state index contributed by atoms with van der Waals surface area (Å²) in [4.78, 5) is 12.8. The molecular weight excluding hydrogens is 501 g/mol. The zero-order valence-corrected chi connectivity index (χ0v) is 21.7. The van der Waals surface area contributed by atoms with Crippen LogP contribution in [0.2, 0.25) is 5.02 Å². The molecule has 0 saturated heterocycles. The van der Waals surface area contributed by atoms with E-state index >= 15 is 0 Å². The SMILES string of the molecule is Cc1cccc(S(=O)(=O)N2C[C@H](CCC(=O)C3(C)CC3)Oc3ccc(-c4cccc(F)c4Cl)cc32)c1. The maximum absolute atomic E-state index is 14.1. The van der Waals surface area contributed by atoms with E-state index in [9.17, 15) is 17.6 Å². The number of halogens is 2. The summed E-state index contributed by atoms with van der Waals surface area (Å²) in [6.45, 7) is 3.87. The molecule has 36 heavy (non-hydrogen) atoms. The highest BCUT2D eigenvalue weighted by atomic mass is 35.5. The lowest BCUT2D eigenvalue weighted by atomic mass is 9.97. The smallest absolute Gasteiger partial charge is 0.264 e. The summed E-state index contributed by atoms with van der Waals surface area (Å²) in [6.07, 6.45) is 2.09. The molecule has 1 heterocycles. The van der Waals surface area contributed by atoms with Crippen molar-refractivity contribution < 1.29 is 22.3 Å². The van der Waals surface area contributed by atoms with Crippen LogP contribution in [-0.2, 0) is 14.8 Å². The predicted octanol–water partition coefficient (Wildman–Crippen LogP) is 6.56. The van der Waals surface area contributed by atoms with Crippen LogP contribution in [-0.4, -0.2) is 26.8 Å². The molecule has 0 N–H and O–H groups in total. The van der Waals surface area contributed by atoms with Crippen molar-refractivity contribution in [1.82, 2.24) is 0 Å². The van der Waals surface area contributed by atoms with Crippen LogP contribution >= 0.6 is 11.6 Å². The highest BCUT2D eigenvalue weighted by molar-refractivity contribution is 7.92. The summed E-state index contributed by atoms with van der Waals surface area (Å²) in [5, 5.41) is -0.0350. The average Bonchev–Trinajstić information content (AvgIpc) is 3.62. The molecule has 188 valence electrons. The molecule has 5 nitrogen and oxygen atoms in total. The Morgan fingerprint density at radius 1 is 1.14 bits per heavy atom.